The van der Waals surface area contributed by atoms with E-state index in [1.807, 2.05) is 0 Å². The van der Waals surface area contributed by atoms with E-state index in [-0.39, 0.29) is 5.41 Å². The Bertz CT molecular complexity index is 189. The Kier molecular flexibility index (Phi) is 6.86. The Morgan fingerprint density at radius 2 is 1.67 bits per heavy atom. The van der Waals surface area contributed by atoms with E-state index in [1.165, 1.54) is 5.57 Å². The average molecular weight is 214 g/mol. The molecule has 0 aliphatic rings. The van der Waals surface area contributed by atoms with Crippen molar-refractivity contribution in [1.82, 2.24) is 0 Å². The van der Waals surface area contributed by atoms with E-state index in [9.17, 15) is 0 Å². The molecule has 0 rings (SSSR count). The van der Waals surface area contributed by atoms with E-state index >= 15 is 0 Å². The Hall–Kier alpha value is -0.340. The zero-order valence-electron chi connectivity index (χ0n) is 11.1. The highest BCUT2D eigenvalue weighted by molar-refractivity contribution is 5.12. The Morgan fingerprint density at radius 3 is 1.93 bits per heavy atom. The predicted octanol–water partition coefficient (Wildman–Crippen LogP) is 3.28. The van der Waals surface area contributed by atoms with E-state index in [0.717, 1.165) is 19.6 Å². The summed E-state index contributed by atoms with van der Waals surface area (Å²) in [5.74, 6) is 0.644. The molecule has 0 unspecified atom stereocenters. The van der Waals surface area contributed by atoms with Crippen LogP contribution in [-0.2, 0) is 9.47 Å². The molecule has 0 fully saturated rings. The van der Waals surface area contributed by atoms with Gasteiger partial charge in [-0.05, 0) is 26.2 Å². The monoisotopic (exact) mass is 214 g/mol. The molecule has 0 aliphatic carbocycles. The van der Waals surface area contributed by atoms with Crippen molar-refractivity contribution in [2.75, 3.05) is 27.4 Å². The van der Waals surface area contributed by atoms with Crippen molar-refractivity contribution in [3.8, 4) is 0 Å². The molecule has 0 aromatic carbocycles. The molecule has 0 bridgehead atoms. The highest BCUT2D eigenvalue weighted by Gasteiger charge is 2.32. The fourth-order valence-electron chi connectivity index (χ4n) is 2.19. The molecule has 0 aliphatic heterocycles. The average Bonchev–Trinajstić information content (AvgIpc) is 2.16. The van der Waals surface area contributed by atoms with E-state index in [0.29, 0.717) is 5.92 Å². The molecule has 0 atom stereocenters. The van der Waals surface area contributed by atoms with Crippen molar-refractivity contribution in [3.63, 3.8) is 0 Å². The normalized spacial score (nSPS) is 13.7. The molecule has 0 amide bonds. The Morgan fingerprint density at radius 1 is 1.20 bits per heavy atom. The first-order valence-electron chi connectivity index (χ1n) is 5.63. The summed E-state index contributed by atoms with van der Waals surface area (Å²) in [5, 5.41) is 0. The van der Waals surface area contributed by atoms with Crippen LogP contribution < -0.4 is 0 Å². The summed E-state index contributed by atoms with van der Waals surface area (Å²) in [6.45, 7) is 10.2. The summed E-state index contributed by atoms with van der Waals surface area (Å²) in [6, 6.07) is 0. The number of hydrogen-bond donors (Lipinski definition) is 0. The molecule has 0 aromatic heterocycles. The van der Waals surface area contributed by atoms with E-state index < -0.39 is 0 Å². The lowest BCUT2D eigenvalue weighted by Gasteiger charge is -2.35. The largest absolute Gasteiger partial charge is 0.384 e. The fourth-order valence-corrected chi connectivity index (χ4v) is 2.19. The van der Waals surface area contributed by atoms with Gasteiger partial charge in [0.1, 0.15) is 0 Å². The second-order valence-electron chi connectivity index (χ2n) is 4.72. The van der Waals surface area contributed by atoms with Crippen molar-refractivity contribution in [1.29, 1.82) is 0 Å². The third-order valence-corrected chi connectivity index (χ3v) is 2.91. The lowest BCUT2D eigenvalue weighted by Crippen LogP contribution is -2.34. The molecule has 0 aromatic rings. The maximum Gasteiger partial charge on any atom is 0.0578 e. The van der Waals surface area contributed by atoms with Crippen molar-refractivity contribution >= 4 is 0 Å². The zero-order chi connectivity index (χ0) is 11.9. The number of rotatable bonds is 7. The van der Waals surface area contributed by atoms with Gasteiger partial charge in [0.05, 0.1) is 13.2 Å². The minimum Gasteiger partial charge on any atom is -0.384 e. The molecule has 15 heavy (non-hydrogen) atoms. The fraction of sp³-hybridized carbons (Fsp3) is 0.846. The Labute approximate surface area is 94.7 Å². The summed E-state index contributed by atoms with van der Waals surface area (Å²) in [7, 11) is 3.52. The number of hydrogen-bond acceptors (Lipinski definition) is 2. The van der Waals surface area contributed by atoms with Gasteiger partial charge in [-0.1, -0.05) is 25.5 Å². The molecule has 0 spiro atoms. The van der Waals surface area contributed by atoms with Gasteiger partial charge in [0.2, 0.25) is 0 Å². The summed E-state index contributed by atoms with van der Waals surface area (Å²) in [5.41, 5.74) is 1.41. The number of methoxy groups -OCH3 is 2. The molecule has 0 saturated carbocycles. The van der Waals surface area contributed by atoms with Crippen molar-refractivity contribution in [2.45, 2.75) is 34.1 Å². The summed E-state index contributed by atoms with van der Waals surface area (Å²) in [6.07, 6.45) is 3.27. The van der Waals surface area contributed by atoms with Crippen molar-refractivity contribution < 1.29 is 9.47 Å². The highest BCUT2D eigenvalue weighted by Crippen LogP contribution is 2.35. The van der Waals surface area contributed by atoms with E-state index in [1.54, 1.807) is 14.2 Å². The van der Waals surface area contributed by atoms with Crippen LogP contribution >= 0.6 is 0 Å². The van der Waals surface area contributed by atoms with Gasteiger partial charge in [0.15, 0.2) is 0 Å². The van der Waals surface area contributed by atoms with Gasteiger partial charge in [-0.15, -0.1) is 0 Å². The first kappa shape index (κ1) is 14.7. The maximum atomic E-state index is 5.36. The lowest BCUT2D eigenvalue weighted by molar-refractivity contribution is 0.0207. The highest BCUT2D eigenvalue weighted by atomic mass is 16.5. The van der Waals surface area contributed by atoms with E-state index in [2.05, 4.69) is 33.8 Å². The van der Waals surface area contributed by atoms with Crippen LogP contribution in [-0.4, -0.2) is 27.4 Å². The molecule has 0 heterocycles. The van der Waals surface area contributed by atoms with Crippen LogP contribution in [0.1, 0.15) is 34.1 Å². The first-order chi connectivity index (χ1) is 7.02. The van der Waals surface area contributed by atoms with Crippen LogP contribution in [0.4, 0.5) is 0 Å². The van der Waals surface area contributed by atoms with Crippen LogP contribution in [0.2, 0.25) is 0 Å². The standard InChI is InChI=1S/C13H26O2/c1-7-12(4)13(9-14-5,10-15-6)8-11(2)3/h7,11H,8-10H2,1-6H3. The molecule has 90 valence electrons. The second kappa shape index (κ2) is 7.02. The van der Waals surface area contributed by atoms with Crippen molar-refractivity contribution in [3.05, 3.63) is 11.6 Å². The first-order valence-corrected chi connectivity index (χ1v) is 5.63. The van der Waals surface area contributed by atoms with Crippen LogP contribution in [0, 0.1) is 11.3 Å². The van der Waals surface area contributed by atoms with Gasteiger partial charge in [-0.3, -0.25) is 0 Å². The summed E-state index contributed by atoms with van der Waals surface area (Å²) < 4.78 is 10.7. The minimum atomic E-state index is 0.0480. The minimum absolute atomic E-state index is 0.0480. The van der Waals surface area contributed by atoms with Gasteiger partial charge in [-0.25, -0.2) is 0 Å². The molecule has 0 N–H and O–H groups in total. The van der Waals surface area contributed by atoms with Gasteiger partial charge in [0, 0.05) is 19.6 Å². The maximum absolute atomic E-state index is 5.36. The molecular formula is C13H26O2. The van der Waals surface area contributed by atoms with Gasteiger partial charge < -0.3 is 9.47 Å². The van der Waals surface area contributed by atoms with E-state index in [4.69, 9.17) is 9.47 Å². The summed E-state index contributed by atoms with van der Waals surface area (Å²) in [4.78, 5) is 0. The van der Waals surface area contributed by atoms with Crippen molar-refractivity contribution in [2.24, 2.45) is 11.3 Å². The topological polar surface area (TPSA) is 18.5 Å². The summed E-state index contributed by atoms with van der Waals surface area (Å²) >= 11 is 0. The van der Waals surface area contributed by atoms with Gasteiger partial charge >= 0.3 is 0 Å². The zero-order valence-corrected chi connectivity index (χ0v) is 11.1. The molecule has 2 heteroatoms. The molecule has 0 saturated heterocycles. The second-order valence-corrected chi connectivity index (χ2v) is 4.72. The van der Waals surface area contributed by atoms with Gasteiger partial charge in [0.25, 0.3) is 0 Å². The quantitative estimate of drug-likeness (QED) is 0.605. The third kappa shape index (κ3) is 4.35. The van der Waals surface area contributed by atoms with Crippen LogP contribution in [0.15, 0.2) is 11.6 Å². The van der Waals surface area contributed by atoms with Crippen LogP contribution in [0.25, 0.3) is 0 Å². The molecule has 0 radical (unpaired) electrons. The smallest absolute Gasteiger partial charge is 0.0578 e. The predicted molar refractivity (Wildman–Crippen MR) is 65.1 cm³/mol. The van der Waals surface area contributed by atoms with Gasteiger partial charge in [-0.2, -0.15) is 0 Å². The Balaban J connectivity index is 4.88. The molecular weight excluding hydrogens is 188 g/mol. The molecule has 2 nitrogen and oxygen atoms in total. The third-order valence-electron chi connectivity index (χ3n) is 2.91. The van der Waals surface area contributed by atoms with Crippen LogP contribution in [0.5, 0.6) is 0 Å². The lowest BCUT2D eigenvalue weighted by atomic mass is 9.75. The number of allylic oxidation sites excluding steroid dienone is 1. The SMILES string of the molecule is CC=C(C)C(COC)(COC)CC(C)C. The number of ether oxygens (including phenoxy) is 2. The van der Waals surface area contributed by atoms with Crippen LogP contribution in [0.3, 0.4) is 0 Å².